The van der Waals surface area contributed by atoms with E-state index in [1.165, 1.54) is 17.4 Å². The van der Waals surface area contributed by atoms with Crippen LogP contribution in [0, 0.1) is 17.5 Å². The number of halogens is 6. The second-order valence-corrected chi connectivity index (χ2v) is 22.5. The first-order valence-electron chi connectivity index (χ1n) is 24.7. The molecule has 81 heavy (non-hydrogen) atoms. The van der Waals surface area contributed by atoms with E-state index >= 15 is 0 Å². The van der Waals surface area contributed by atoms with Crippen molar-refractivity contribution in [3.63, 3.8) is 0 Å². The van der Waals surface area contributed by atoms with Crippen molar-refractivity contribution in [1.29, 1.82) is 0 Å². The number of anilines is 1. The molecule has 1 fully saturated rings. The van der Waals surface area contributed by atoms with Crippen LogP contribution < -0.4 is 21.2 Å². The number of fused-ring (bicyclic) bond motifs is 1. The molecule has 0 aliphatic carbocycles. The van der Waals surface area contributed by atoms with Crippen LogP contribution in [0.3, 0.4) is 0 Å². The number of carbonyl (C=O) groups excluding carboxylic acids is 1. The molecule has 1 aliphatic heterocycles. The molecule has 0 spiro atoms. The fourth-order valence-electron chi connectivity index (χ4n) is 7.25. The maximum absolute atomic E-state index is 13.6. The predicted octanol–water partition coefficient (Wildman–Crippen LogP) is 3.27. The van der Waals surface area contributed by atoms with Gasteiger partial charge in [0.25, 0.3) is 0 Å². The van der Waals surface area contributed by atoms with Crippen LogP contribution in [0.25, 0.3) is 11.0 Å². The van der Waals surface area contributed by atoms with Crippen LogP contribution in [0.15, 0.2) is 48.4 Å². The Kier molecular flexibility index (Phi) is 29.1. The van der Waals surface area contributed by atoms with Gasteiger partial charge >= 0.3 is 21.2 Å². The zero-order valence-corrected chi connectivity index (χ0v) is 47.4. The zero-order chi connectivity index (χ0) is 59.0. The Hall–Kier alpha value is -3.92. The number of aromatic nitrogens is 4. The van der Waals surface area contributed by atoms with Gasteiger partial charge in [0.2, 0.25) is 11.0 Å². The highest BCUT2D eigenvalue weighted by atomic mass is 35.5. The summed E-state index contributed by atoms with van der Waals surface area (Å²) in [6, 6.07) is 5.83. The molecule has 0 amide bonds. The molecule has 5 atom stereocenters. The molecule has 27 nitrogen and oxygen atoms in total. The fraction of sp³-hybridized carbons (Fsp3) is 0.565. The molecule has 35 heteroatoms. The summed E-state index contributed by atoms with van der Waals surface area (Å²) in [5, 5.41) is 28.3. The van der Waals surface area contributed by atoms with Crippen molar-refractivity contribution in [2.75, 3.05) is 136 Å². The maximum atomic E-state index is 13.6. The number of hydrogen-bond donors (Lipinski definition) is 7. The van der Waals surface area contributed by atoms with Gasteiger partial charge in [0.1, 0.15) is 29.9 Å². The van der Waals surface area contributed by atoms with Crippen molar-refractivity contribution in [2.45, 2.75) is 37.5 Å². The van der Waals surface area contributed by atoms with E-state index in [1.54, 1.807) is 18.2 Å². The Bertz CT molecular complexity index is 2690. The minimum atomic E-state index is -4.93. The summed E-state index contributed by atoms with van der Waals surface area (Å²) in [6.45, 7) is 3.65. The molecule has 1 aliphatic rings. The molecule has 4 aromatic rings. The predicted molar refractivity (Wildman–Crippen MR) is 283 cm³/mol. The van der Waals surface area contributed by atoms with Gasteiger partial charge < -0.3 is 92.4 Å². The third-order valence-corrected chi connectivity index (χ3v) is 14.9. The van der Waals surface area contributed by atoms with E-state index in [-0.39, 0.29) is 110 Å². The number of hydrogen-bond acceptors (Lipinski definition) is 23. The average molecular weight is 1260 g/mol. The lowest BCUT2D eigenvalue weighted by atomic mass is 10.1. The lowest BCUT2D eigenvalue weighted by Crippen LogP contribution is -2.33. The summed E-state index contributed by atoms with van der Waals surface area (Å²) < 4.78 is 124. The van der Waals surface area contributed by atoms with Crippen molar-refractivity contribution in [2.24, 2.45) is 11.6 Å². The number of nitrogens with zero attached hydrogens (tertiary/aromatic N) is 6. The summed E-state index contributed by atoms with van der Waals surface area (Å²) in [5.41, 5.74) is 7.18. The van der Waals surface area contributed by atoms with Gasteiger partial charge in [-0.1, -0.05) is 23.2 Å². The number of esters is 1. The monoisotopic (exact) mass is 1260 g/mol. The molecule has 0 radical (unpaired) electrons. The molecule has 0 saturated carbocycles. The normalized spacial score (nSPS) is 17.5. The minimum Gasteiger partial charge on any atom is -0.420 e. The van der Waals surface area contributed by atoms with Gasteiger partial charge in [0, 0.05) is 41.5 Å². The van der Waals surface area contributed by atoms with E-state index in [1.807, 2.05) is 4.90 Å². The third kappa shape index (κ3) is 24.7. The van der Waals surface area contributed by atoms with Crippen LogP contribution >= 0.6 is 50.0 Å². The number of carbonyl (C=O) groups is 1. The second-order valence-electron chi connectivity index (χ2n) is 17.3. The van der Waals surface area contributed by atoms with Gasteiger partial charge in [0.05, 0.1) is 143 Å². The number of ether oxygens (including phenoxy) is 10. The largest absolute Gasteiger partial charge is 0.420 e. The summed E-state index contributed by atoms with van der Waals surface area (Å²) in [5.74, 6) is -0.898. The lowest BCUT2D eigenvalue weighted by Gasteiger charge is -2.25. The van der Waals surface area contributed by atoms with Crippen molar-refractivity contribution < 1.29 is 104 Å². The Balaban J connectivity index is 0.898. The van der Waals surface area contributed by atoms with E-state index in [9.17, 15) is 42.2 Å². The molecular formula is C46H64Cl3F3N8O19P2. The van der Waals surface area contributed by atoms with Gasteiger partial charge in [-0.25, -0.2) is 23.7 Å². The number of aliphatic hydroxyl groups is 2. The standard InChI is InChI=1S/C46H64Cl3F3N8O19P2/c47-31-19-30(20-32(48)21-31)25-58(43-35-24-55-60(44(35)57-46(49)56-43)45-41(63)40(62)38(78-45)28-77-81(67,68)29-80(64,65)66)2-5-70-8-11-73-15-16-75-17-18-76-27-34(53)26-59(54)3-6-71-9-12-74-14-13-72-10-7-69-4-1-39(61)79-42-36(51)22-33(50)23-37(42)52/h19-24,26,38,40-41,45,62-63H,1-18,25,27-29,53-54H2,(H,67,68)(H2,64,65,66)/b34-26-/t38-,40-,41-,45-/m1/s1. The van der Waals surface area contributed by atoms with Crippen LogP contribution in [-0.2, 0) is 67.6 Å². The molecule has 2 aromatic carbocycles. The number of benzene rings is 2. The molecule has 454 valence electrons. The van der Waals surface area contributed by atoms with Gasteiger partial charge in [-0.15, -0.1) is 0 Å². The molecule has 1 saturated heterocycles. The third-order valence-electron chi connectivity index (χ3n) is 10.8. The Morgan fingerprint density at radius 3 is 1.84 bits per heavy atom. The molecule has 9 N–H and O–H groups in total. The van der Waals surface area contributed by atoms with Crippen LogP contribution in [0.5, 0.6) is 5.75 Å². The fourth-order valence-corrected chi connectivity index (χ4v) is 10.5. The zero-order valence-electron chi connectivity index (χ0n) is 43.4. The summed E-state index contributed by atoms with van der Waals surface area (Å²) >= 11 is 19.1. The summed E-state index contributed by atoms with van der Waals surface area (Å²) in [6.07, 6.45) is -3.54. The van der Waals surface area contributed by atoms with Crippen molar-refractivity contribution in [1.82, 2.24) is 24.8 Å². The number of rotatable bonds is 40. The van der Waals surface area contributed by atoms with Crippen LogP contribution in [-0.4, -0.2) is 205 Å². The molecule has 5 rings (SSSR count). The number of aliphatic hydroxyl groups excluding tert-OH is 2. The van der Waals surface area contributed by atoms with Gasteiger partial charge in [0.15, 0.2) is 29.4 Å². The molecular weight excluding hydrogens is 1190 g/mol. The Morgan fingerprint density at radius 1 is 0.741 bits per heavy atom. The highest BCUT2D eigenvalue weighted by Gasteiger charge is 2.46. The first kappa shape index (κ1) is 67.9. The van der Waals surface area contributed by atoms with Gasteiger partial charge in [-0.05, 0) is 35.4 Å². The highest BCUT2D eigenvalue weighted by molar-refractivity contribution is 7.70. The summed E-state index contributed by atoms with van der Waals surface area (Å²) in [7, 11) is -9.74. The topological polar surface area (TPSA) is 356 Å². The van der Waals surface area contributed by atoms with Crippen molar-refractivity contribution in [3.05, 3.63) is 86.8 Å². The first-order chi connectivity index (χ1) is 38.6. The van der Waals surface area contributed by atoms with E-state index < -0.39 is 81.4 Å². The van der Waals surface area contributed by atoms with Crippen LogP contribution in [0.1, 0.15) is 18.2 Å². The van der Waals surface area contributed by atoms with Gasteiger partial charge in [-0.2, -0.15) is 15.1 Å². The Labute approximate surface area is 477 Å². The highest BCUT2D eigenvalue weighted by Crippen LogP contribution is 2.55. The van der Waals surface area contributed by atoms with E-state index in [0.29, 0.717) is 77.6 Å². The van der Waals surface area contributed by atoms with Crippen molar-refractivity contribution in [3.8, 4) is 5.75 Å². The number of hydrazine groups is 1. The minimum absolute atomic E-state index is 0.0766. The number of nitrogens with two attached hydrogens (primary N) is 2. The molecule has 0 bridgehead atoms. The average Bonchev–Trinajstić information content (AvgIpc) is 4.19. The van der Waals surface area contributed by atoms with E-state index in [2.05, 4.69) is 19.8 Å². The maximum Gasteiger partial charge on any atom is 0.340 e. The van der Waals surface area contributed by atoms with E-state index in [0.717, 1.165) is 4.68 Å². The molecule has 3 heterocycles. The van der Waals surface area contributed by atoms with Gasteiger partial charge in [-0.3, -0.25) is 13.9 Å². The summed E-state index contributed by atoms with van der Waals surface area (Å²) in [4.78, 5) is 50.4. The second kappa shape index (κ2) is 34.8. The molecule has 2 aromatic heterocycles. The lowest BCUT2D eigenvalue weighted by molar-refractivity contribution is -0.136. The first-order valence-corrected chi connectivity index (χ1v) is 29.4. The quantitative estimate of drug-likeness (QED) is 0.00639. The smallest absolute Gasteiger partial charge is 0.340 e. The van der Waals surface area contributed by atoms with Crippen LogP contribution in [0.4, 0.5) is 19.0 Å². The molecule has 1 unspecified atom stereocenters. The SMILES string of the molecule is N/C(=C\N(N)CCOCCOCCOCCOCCC(=O)Oc1c(F)cc(F)cc1F)COCCOCCOCCOCCN(Cc1cc(Cl)cc(Cl)c1)c1nc(Cl)nc2c1cnn2[C@@H]1O[C@H](COP(=O)(O)CP(=O)(O)O)[C@@H](O)[C@H]1O. The van der Waals surface area contributed by atoms with Crippen LogP contribution in [0.2, 0.25) is 15.3 Å². The van der Waals surface area contributed by atoms with E-state index in [4.69, 9.17) is 103 Å². The Morgan fingerprint density at radius 2 is 1.27 bits per heavy atom. The van der Waals surface area contributed by atoms with Crippen molar-refractivity contribution >= 4 is 72.8 Å².